The third-order valence-corrected chi connectivity index (χ3v) is 4.49. The minimum Gasteiger partial charge on any atom is -0.496 e. The summed E-state index contributed by atoms with van der Waals surface area (Å²) in [4.78, 5) is 6.82. The van der Waals surface area contributed by atoms with Crippen molar-refractivity contribution in [2.75, 3.05) is 40.3 Å². The highest BCUT2D eigenvalue weighted by Gasteiger charge is 2.20. The molecule has 2 rings (SSSR count). The number of aryl methyl sites for hydroxylation is 1. The van der Waals surface area contributed by atoms with E-state index >= 15 is 0 Å². The molecule has 0 saturated carbocycles. The number of benzene rings is 1. The minimum atomic E-state index is 0.703. The van der Waals surface area contributed by atoms with Crippen LogP contribution in [0, 0.1) is 12.8 Å². The van der Waals surface area contributed by atoms with E-state index in [9.17, 15) is 0 Å². The Bertz CT molecular complexity index is 530. The molecule has 1 aliphatic rings. The first-order valence-electron chi connectivity index (χ1n) is 8.46. The summed E-state index contributed by atoms with van der Waals surface area (Å²) in [5, 5.41) is 6.82. The maximum absolute atomic E-state index is 5.45. The molecule has 2 N–H and O–H groups in total. The van der Waals surface area contributed by atoms with Gasteiger partial charge in [0.15, 0.2) is 5.96 Å². The maximum atomic E-state index is 5.45. The molecule has 1 saturated heterocycles. The molecule has 1 aliphatic heterocycles. The van der Waals surface area contributed by atoms with Crippen molar-refractivity contribution in [3.63, 3.8) is 0 Å². The summed E-state index contributed by atoms with van der Waals surface area (Å²) in [6.45, 7) is 9.53. The molecule has 0 aromatic heterocycles. The Labute approximate surface area is 140 Å². The fraction of sp³-hybridized carbons (Fsp3) is 0.611. The van der Waals surface area contributed by atoms with Gasteiger partial charge in [-0.05, 0) is 44.0 Å². The fourth-order valence-corrected chi connectivity index (χ4v) is 3.01. The van der Waals surface area contributed by atoms with Crippen LogP contribution in [-0.4, -0.2) is 51.2 Å². The largest absolute Gasteiger partial charge is 0.496 e. The number of guanidine groups is 1. The van der Waals surface area contributed by atoms with Crippen LogP contribution >= 0.6 is 0 Å². The van der Waals surface area contributed by atoms with E-state index in [1.165, 1.54) is 25.1 Å². The van der Waals surface area contributed by atoms with E-state index in [0.717, 1.165) is 30.4 Å². The van der Waals surface area contributed by atoms with Crippen molar-refractivity contribution in [3.8, 4) is 5.75 Å². The number of hydrogen-bond donors (Lipinski definition) is 2. The Kier molecular flexibility index (Phi) is 6.71. The van der Waals surface area contributed by atoms with Gasteiger partial charge in [0, 0.05) is 32.2 Å². The van der Waals surface area contributed by atoms with Crippen molar-refractivity contribution < 1.29 is 4.74 Å². The van der Waals surface area contributed by atoms with Crippen molar-refractivity contribution in [1.82, 2.24) is 15.5 Å². The van der Waals surface area contributed by atoms with E-state index in [-0.39, 0.29) is 0 Å². The SMILES string of the molecule is CCN1CCC(CNC(=NC)NCc2ccc(C)cc2OC)C1. The van der Waals surface area contributed by atoms with Gasteiger partial charge in [0.1, 0.15) is 5.75 Å². The zero-order valence-corrected chi connectivity index (χ0v) is 14.9. The Morgan fingerprint density at radius 2 is 2.22 bits per heavy atom. The normalized spacial score (nSPS) is 19.0. The van der Waals surface area contributed by atoms with Crippen LogP contribution in [0.15, 0.2) is 23.2 Å². The van der Waals surface area contributed by atoms with Gasteiger partial charge in [0.2, 0.25) is 0 Å². The number of rotatable bonds is 6. The van der Waals surface area contributed by atoms with Crippen LogP contribution in [0.3, 0.4) is 0 Å². The summed E-state index contributed by atoms with van der Waals surface area (Å²) < 4.78 is 5.45. The van der Waals surface area contributed by atoms with Crippen molar-refractivity contribution in [3.05, 3.63) is 29.3 Å². The molecule has 5 heteroatoms. The van der Waals surface area contributed by atoms with Gasteiger partial charge in [-0.2, -0.15) is 0 Å². The van der Waals surface area contributed by atoms with Gasteiger partial charge in [-0.15, -0.1) is 0 Å². The first kappa shape index (κ1) is 17.6. The molecule has 0 amide bonds. The fourth-order valence-electron chi connectivity index (χ4n) is 3.01. The summed E-state index contributed by atoms with van der Waals surface area (Å²) in [5.41, 5.74) is 2.34. The average Bonchev–Trinajstić information content (AvgIpc) is 3.04. The van der Waals surface area contributed by atoms with Crippen LogP contribution in [0.2, 0.25) is 0 Å². The molecule has 1 aromatic carbocycles. The molecule has 128 valence electrons. The number of nitrogens with zero attached hydrogens (tertiary/aromatic N) is 2. The molecule has 1 heterocycles. The van der Waals surface area contributed by atoms with Gasteiger partial charge in [-0.25, -0.2) is 0 Å². The summed E-state index contributed by atoms with van der Waals surface area (Å²) in [6, 6.07) is 6.27. The second-order valence-electron chi connectivity index (χ2n) is 6.17. The molecule has 23 heavy (non-hydrogen) atoms. The lowest BCUT2D eigenvalue weighted by atomic mass is 10.1. The van der Waals surface area contributed by atoms with E-state index in [1.54, 1.807) is 7.11 Å². The third kappa shape index (κ3) is 5.13. The van der Waals surface area contributed by atoms with E-state index in [4.69, 9.17) is 4.74 Å². The quantitative estimate of drug-likeness (QED) is 0.622. The third-order valence-electron chi connectivity index (χ3n) is 4.49. The lowest BCUT2D eigenvalue weighted by molar-refractivity contribution is 0.342. The van der Waals surface area contributed by atoms with Crippen LogP contribution < -0.4 is 15.4 Å². The minimum absolute atomic E-state index is 0.703. The topological polar surface area (TPSA) is 48.9 Å². The molecule has 0 spiro atoms. The summed E-state index contributed by atoms with van der Waals surface area (Å²) in [5.74, 6) is 2.48. The van der Waals surface area contributed by atoms with E-state index in [1.807, 2.05) is 7.05 Å². The monoisotopic (exact) mass is 318 g/mol. The molecule has 1 aromatic rings. The van der Waals surface area contributed by atoms with Gasteiger partial charge in [0.25, 0.3) is 0 Å². The standard InChI is InChI=1S/C18H30N4O/c1-5-22-9-8-15(13-22)11-20-18(19-3)21-12-16-7-6-14(2)10-17(16)23-4/h6-7,10,15H,5,8-9,11-13H2,1-4H3,(H2,19,20,21). The first-order chi connectivity index (χ1) is 11.2. The Balaban J connectivity index is 1.81. The molecule has 1 fully saturated rings. The smallest absolute Gasteiger partial charge is 0.191 e. The highest BCUT2D eigenvalue weighted by Crippen LogP contribution is 2.19. The number of aliphatic imine (C=N–C) groups is 1. The Hall–Kier alpha value is -1.75. The van der Waals surface area contributed by atoms with E-state index in [2.05, 4.69) is 52.6 Å². The zero-order chi connectivity index (χ0) is 16.7. The van der Waals surface area contributed by atoms with Crippen LogP contribution in [0.1, 0.15) is 24.5 Å². The Morgan fingerprint density at radius 3 is 2.87 bits per heavy atom. The zero-order valence-electron chi connectivity index (χ0n) is 14.9. The van der Waals surface area contributed by atoms with Crippen LogP contribution in [-0.2, 0) is 6.54 Å². The lowest BCUT2D eigenvalue weighted by Gasteiger charge is -2.17. The number of ether oxygens (including phenoxy) is 1. The van der Waals surface area contributed by atoms with Crippen LogP contribution in [0.5, 0.6) is 5.75 Å². The van der Waals surface area contributed by atoms with Gasteiger partial charge >= 0.3 is 0 Å². The number of nitrogens with one attached hydrogen (secondary N) is 2. The summed E-state index contributed by atoms with van der Waals surface area (Å²) in [6.07, 6.45) is 1.27. The average molecular weight is 318 g/mol. The maximum Gasteiger partial charge on any atom is 0.191 e. The van der Waals surface area contributed by atoms with Crippen molar-refractivity contribution >= 4 is 5.96 Å². The predicted molar refractivity (Wildman–Crippen MR) is 96.2 cm³/mol. The summed E-state index contributed by atoms with van der Waals surface area (Å²) in [7, 11) is 3.53. The van der Waals surface area contributed by atoms with Crippen molar-refractivity contribution in [2.45, 2.75) is 26.8 Å². The highest BCUT2D eigenvalue weighted by molar-refractivity contribution is 5.79. The molecular formula is C18H30N4O. The highest BCUT2D eigenvalue weighted by atomic mass is 16.5. The van der Waals surface area contributed by atoms with Gasteiger partial charge < -0.3 is 20.3 Å². The molecule has 0 aliphatic carbocycles. The predicted octanol–water partition coefficient (Wildman–Crippen LogP) is 2.01. The number of likely N-dealkylation sites (tertiary alicyclic amines) is 1. The van der Waals surface area contributed by atoms with Gasteiger partial charge in [-0.1, -0.05) is 19.1 Å². The molecule has 1 unspecified atom stereocenters. The van der Waals surface area contributed by atoms with E-state index < -0.39 is 0 Å². The van der Waals surface area contributed by atoms with Gasteiger partial charge in [0.05, 0.1) is 7.11 Å². The van der Waals surface area contributed by atoms with Crippen LogP contribution in [0.25, 0.3) is 0 Å². The number of methoxy groups -OCH3 is 1. The first-order valence-corrected chi connectivity index (χ1v) is 8.46. The van der Waals surface area contributed by atoms with E-state index in [0.29, 0.717) is 12.5 Å². The molecule has 1 atom stereocenters. The van der Waals surface area contributed by atoms with Gasteiger partial charge in [-0.3, -0.25) is 4.99 Å². The lowest BCUT2D eigenvalue weighted by Crippen LogP contribution is -2.40. The van der Waals surface area contributed by atoms with Crippen molar-refractivity contribution in [2.24, 2.45) is 10.9 Å². The Morgan fingerprint density at radius 1 is 1.39 bits per heavy atom. The molecule has 5 nitrogen and oxygen atoms in total. The molecular weight excluding hydrogens is 288 g/mol. The molecule has 0 bridgehead atoms. The second-order valence-corrected chi connectivity index (χ2v) is 6.17. The second kappa shape index (κ2) is 8.77. The van der Waals surface area contributed by atoms with Crippen molar-refractivity contribution in [1.29, 1.82) is 0 Å². The molecule has 0 radical (unpaired) electrons. The van der Waals surface area contributed by atoms with Crippen LogP contribution in [0.4, 0.5) is 0 Å². The summed E-state index contributed by atoms with van der Waals surface area (Å²) >= 11 is 0. The number of hydrogen-bond acceptors (Lipinski definition) is 3.